The van der Waals surface area contributed by atoms with E-state index in [0.29, 0.717) is 53.7 Å². The molecule has 0 aromatic heterocycles. The van der Waals surface area contributed by atoms with E-state index in [1.165, 1.54) is 155 Å². The second kappa shape index (κ2) is 63.5. The van der Waals surface area contributed by atoms with Gasteiger partial charge in [-0.2, -0.15) is 0 Å². The molecule has 0 aromatic rings. The summed E-state index contributed by atoms with van der Waals surface area (Å²) in [7, 11) is 0. The van der Waals surface area contributed by atoms with Crippen LogP contribution in [0, 0.1) is 35.5 Å². The maximum Gasteiger partial charge on any atom is 0.105 e. The maximum atomic E-state index is 12.6. The molecule has 0 unspecified atom stereocenters. The Morgan fingerprint density at radius 1 is 0.301 bits per heavy atom. The third-order valence-electron chi connectivity index (χ3n) is 23.5. The van der Waals surface area contributed by atoms with Gasteiger partial charge in [-0.05, 0) is 342 Å². The lowest BCUT2D eigenvalue weighted by Crippen LogP contribution is -2.49. The number of alkyl halides is 5. The van der Waals surface area contributed by atoms with E-state index in [2.05, 4.69) is 203 Å². The smallest absolute Gasteiger partial charge is 0.105 e. The van der Waals surface area contributed by atoms with E-state index in [9.17, 15) is 22.0 Å². The quantitative estimate of drug-likeness (QED) is 0.143. The van der Waals surface area contributed by atoms with Gasteiger partial charge in [0.15, 0.2) is 0 Å². The van der Waals surface area contributed by atoms with Crippen molar-refractivity contribution in [3.63, 3.8) is 0 Å². The first-order chi connectivity index (χ1) is 48.9. The second-order valence-corrected chi connectivity index (χ2v) is 34.7. The van der Waals surface area contributed by atoms with Gasteiger partial charge in [-0.3, -0.25) is 27.9 Å². The van der Waals surface area contributed by atoms with E-state index in [4.69, 9.17) is 5.73 Å². The van der Waals surface area contributed by atoms with E-state index in [0.717, 1.165) is 139 Å². The van der Waals surface area contributed by atoms with Gasteiger partial charge in [0.05, 0.1) is 20.0 Å². The first-order valence-electron chi connectivity index (χ1n) is 43.8. The van der Waals surface area contributed by atoms with Gasteiger partial charge in [-0.25, -0.2) is 8.78 Å². The summed E-state index contributed by atoms with van der Waals surface area (Å²) in [5.41, 5.74) is 5.58. The monoisotopic (exact) mass is 1480 g/mol. The average molecular weight is 1480 g/mol. The number of likely N-dealkylation sites (tertiary alicyclic amines) is 9. The Kier molecular flexibility index (Phi) is 64.0. The van der Waals surface area contributed by atoms with E-state index in [1.807, 2.05) is 13.8 Å². The first kappa shape index (κ1) is 104. The molecule has 9 rings (SSSR count). The Bertz CT molecular complexity index is 1860. The van der Waals surface area contributed by atoms with Gasteiger partial charge in [-0.15, -0.1) is 0 Å². The molecule has 620 valence electrons. The molecule has 7 atom stereocenters. The Morgan fingerprint density at radius 3 is 0.942 bits per heavy atom. The Hall–Kier alpha value is -1.17. The average Bonchev–Trinajstić information content (AvgIpc) is 1.76. The zero-order valence-electron chi connectivity index (χ0n) is 73.5. The highest BCUT2D eigenvalue weighted by Gasteiger charge is 2.29. The molecule has 15 heteroatoms. The van der Waals surface area contributed by atoms with Crippen molar-refractivity contribution in [3.8, 4) is 0 Å². The van der Waals surface area contributed by atoms with Crippen LogP contribution in [0.25, 0.3) is 0 Å². The van der Waals surface area contributed by atoms with Crippen molar-refractivity contribution in [2.75, 3.05) is 132 Å². The molecule has 9 fully saturated rings. The van der Waals surface area contributed by atoms with Crippen LogP contribution in [-0.4, -0.2) is 248 Å². The van der Waals surface area contributed by atoms with Crippen LogP contribution < -0.4 is 5.73 Å². The third kappa shape index (κ3) is 48.3. The predicted octanol–water partition coefficient (Wildman–Crippen LogP) is 21.6. The second-order valence-electron chi connectivity index (χ2n) is 34.7. The summed E-state index contributed by atoms with van der Waals surface area (Å²) in [6.45, 7) is 75.6. The molecule has 0 saturated carbocycles. The van der Waals surface area contributed by atoms with Crippen LogP contribution in [-0.2, 0) is 0 Å². The van der Waals surface area contributed by atoms with Crippen LogP contribution in [0.1, 0.15) is 321 Å². The van der Waals surface area contributed by atoms with Crippen LogP contribution in [0.4, 0.5) is 22.0 Å². The first-order valence-corrected chi connectivity index (χ1v) is 43.8. The summed E-state index contributed by atoms with van der Waals surface area (Å²) in [6, 6.07) is 7.10. The fraction of sp³-hybridized carbons (Fsp3) is 0.977. The highest BCUT2D eigenvalue weighted by Crippen LogP contribution is 2.27. The largest absolute Gasteiger partial charge is 0.403 e. The van der Waals surface area contributed by atoms with Gasteiger partial charge in [0.2, 0.25) is 0 Å². The Balaban J connectivity index is 0. The molecule has 103 heavy (non-hydrogen) atoms. The molecule has 9 aliphatic heterocycles. The minimum absolute atomic E-state index is 0.119. The highest BCUT2D eigenvalue weighted by atomic mass is 19.1. The maximum absolute atomic E-state index is 12.6. The van der Waals surface area contributed by atoms with Crippen molar-refractivity contribution in [2.24, 2.45) is 41.2 Å². The van der Waals surface area contributed by atoms with Gasteiger partial charge in [0, 0.05) is 111 Å². The summed E-state index contributed by atoms with van der Waals surface area (Å²) in [4.78, 5) is 22.1. The topological polar surface area (TPSA) is 55.2 Å². The van der Waals surface area contributed by atoms with Crippen LogP contribution in [0.5, 0.6) is 0 Å². The third-order valence-corrected chi connectivity index (χ3v) is 23.5. The van der Waals surface area contributed by atoms with E-state index in [-0.39, 0.29) is 45.5 Å². The molecule has 0 bridgehead atoms. The Morgan fingerprint density at radius 2 is 0.583 bits per heavy atom. The van der Waals surface area contributed by atoms with Crippen LogP contribution in [0.15, 0.2) is 12.3 Å². The molecule has 0 aliphatic carbocycles. The van der Waals surface area contributed by atoms with Crippen molar-refractivity contribution in [1.29, 1.82) is 0 Å². The molecule has 2 N–H and O–H groups in total. The lowest BCUT2D eigenvalue weighted by molar-refractivity contribution is 0.0658. The highest BCUT2D eigenvalue weighted by molar-refractivity contribution is 4.84. The normalized spacial score (nSPS) is 25.6. The predicted molar refractivity (Wildman–Crippen MR) is 447 cm³/mol. The minimum Gasteiger partial charge on any atom is -0.403 e. The van der Waals surface area contributed by atoms with Gasteiger partial charge in [-0.1, -0.05) is 86.1 Å². The van der Waals surface area contributed by atoms with Crippen molar-refractivity contribution < 1.29 is 22.0 Å². The zero-order valence-corrected chi connectivity index (χ0v) is 73.5. The minimum atomic E-state index is -0.168. The van der Waals surface area contributed by atoms with E-state index in [1.54, 1.807) is 6.92 Å². The van der Waals surface area contributed by atoms with Gasteiger partial charge >= 0.3 is 0 Å². The van der Waals surface area contributed by atoms with Gasteiger partial charge in [0.25, 0.3) is 0 Å². The van der Waals surface area contributed by atoms with Crippen molar-refractivity contribution in [2.45, 2.75) is 393 Å². The van der Waals surface area contributed by atoms with E-state index < -0.39 is 0 Å². The molecule has 9 heterocycles. The molecule has 0 aromatic carbocycles. The Labute approximate surface area is 641 Å². The lowest BCUT2D eigenvalue weighted by Gasteiger charge is -2.41. The lowest BCUT2D eigenvalue weighted by atomic mass is 9.95. The number of rotatable bonds is 17. The number of piperidine rings is 3. The summed E-state index contributed by atoms with van der Waals surface area (Å²) < 4.78 is 61.8. The number of hydrogen-bond acceptors (Lipinski definition) is 10. The molecule has 0 amide bonds. The summed E-state index contributed by atoms with van der Waals surface area (Å²) >= 11 is 0. The van der Waals surface area contributed by atoms with Gasteiger partial charge < -0.3 is 35.1 Å². The van der Waals surface area contributed by atoms with Crippen LogP contribution in [0.2, 0.25) is 0 Å². The fourth-order valence-electron chi connectivity index (χ4n) is 15.9. The van der Waals surface area contributed by atoms with Crippen molar-refractivity contribution in [1.82, 2.24) is 44.1 Å². The van der Waals surface area contributed by atoms with Crippen molar-refractivity contribution >= 4 is 0 Å². The van der Waals surface area contributed by atoms with Gasteiger partial charge in [0.1, 0.15) is 13.3 Å². The van der Waals surface area contributed by atoms with Crippen molar-refractivity contribution in [3.05, 3.63) is 12.3 Å². The molecule has 10 nitrogen and oxygen atoms in total. The number of nitrogens with zero attached hydrogens (tertiary/aromatic N) is 9. The molecular weight excluding hydrogens is 1290 g/mol. The zero-order chi connectivity index (χ0) is 78.6. The molecule has 9 aliphatic rings. The SMILES string of the molecule is C=C(C)N.CC.CC(C)N1CCC(CF)CC1.CC(C)N1CCCCC[C@H]1CF.CC(C)N1CCCC[C@@H](CF)C1.CC(C)N1CCCC[C@H]1CF.CC(C)N1CCC[C@H]1C.CC(C)N1CC[C@@H](CF)C1.CCC1CN(C(C)C)C1.CC[C@@H]1CCCN(C(C)C)C1.CC[C@@H]1CCCN(C(C)C)CC1. The fourth-order valence-corrected chi connectivity index (χ4v) is 15.9. The summed E-state index contributed by atoms with van der Waals surface area (Å²) in [6.07, 6.45) is 29.0. The molecular formula is C88H183F5N10. The number of nitrogens with two attached hydrogens (primary N) is 1. The number of hydrogen-bond donors (Lipinski definition) is 1. The van der Waals surface area contributed by atoms with Crippen LogP contribution in [0.3, 0.4) is 0 Å². The summed E-state index contributed by atoms with van der Waals surface area (Å²) in [5.74, 6) is 3.97. The molecule has 0 radical (unpaired) electrons. The summed E-state index contributed by atoms with van der Waals surface area (Å²) in [5, 5.41) is 0. The molecule has 9 saturated heterocycles. The number of halogens is 5. The molecule has 0 spiro atoms. The van der Waals surface area contributed by atoms with E-state index >= 15 is 0 Å². The standard InChI is InChI=1S/C11H23N.2C10H20FN.C10H21N.2C9H18FN.C8H16FN.2C8H17N.C3H7N.C2H6/c1-4-11-6-5-8-12(9-7-11)10(2)3;1-9(2)12-6-4-3-5-10(7-11)8-12;1-9(2)12-7-5-3-4-6-10(12)8-11;1-4-10-6-5-7-11(8-10)9(2)3;1-8(2)11-5-3-9(7-10)4-6-11;1-8(2)11-6-4-3-5-9(11)7-10;1-7(2)10-4-3-8(5-9)6-10;1-7(2)9-6-4-5-8(9)3;1-4-8-5-9(6-8)7(2)3;1-3(2)4;1-2/h10-11H,4-9H2,1-3H3;2*9-10H,3-8H2,1-2H3;9-10H,4-8H2,1-3H3;2*8-9H,3-7H2,1-2H3;7-8H,3-6H2,1-2H3;2*7-8H,4-6H2,1-3H3;1,4H2,2H3;1-2H3/t11-;3*10-;;9-;2*8-;;;/m1001.001.../s1. The number of allylic oxidation sites excluding steroid dienone is 1. The van der Waals surface area contributed by atoms with Crippen LogP contribution >= 0.6 is 0 Å².